The number of aliphatic hydroxyl groups is 1. The van der Waals surface area contributed by atoms with Crippen molar-refractivity contribution in [3.63, 3.8) is 0 Å². The van der Waals surface area contributed by atoms with E-state index in [1.165, 1.54) is 0 Å². The fourth-order valence-electron chi connectivity index (χ4n) is 3.04. The SMILES string of the molecule is C=CC[C@@]1(CO)CCCN(Cc2cnc(COC)nc2)C1. The lowest BCUT2D eigenvalue weighted by atomic mass is 9.78. The van der Waals surface area contributed by atoms with Gasteiger partial charge in [0.1, 0.15) is 6.61 Å². The Labute approximate surface area is 126 Å². The molecule has 1 aliphatic rings. The molecule has 21 heavy (non-hydrogen) atoms. The molecule has 1 fully saturated rings. The fourth-order valence-corrected chi connectivity index (χ4v) is 3.04. The van der Waals surface area contributed by atoms with Crippen molar-refractivity contribution >= 4 is 0 Å². The average molecular weight is 291 g/mol. The van der Waals surface area contributed by atoms with Crippen molar-refractivity contribution in [3.8, 4) is 0 Å². The molecular formula is C16H25N3O2. The first-order chi connectivity index (χ1) is 10.2. The van der Waals surface area contributed by atoms with E-state index >= 15 is 0 Å². The lowest BCUT2D eigenvalue weighted by Gasteiger charge is -2.41. The third kappa shape index (κ3) is 4.33. The van der Waals surface area contributed by atoms with Crippen LogP contribution in [0.4, 0.5) is 0 Å². The van der Waals surface area contributed by atoms with Crippen LogP contribution in [-0.4, -0.2) is 46.8 Å². The monoisotopic (exact) mass is 291 g/mol. The maximum atomic E-state index is 9.74. The standard InChI is InChI=1S/C16H25N3O2/c1-3-5-16(13-20)6-4-7-19(12-16)10-14-8-17-15(11-21-2)18-9-14/h3,8-9,20H,1,4-7,10-13H2,2H3/t16-/m1/s1. The Morgan fingerprint density at radius 3 is 2.86 bits per heavy atom. The number of methoxy groups -OCH3 is 1. The van der Waals surface area contributed by atoms with Gasteiger partial charge in [-0.1, -0.05) is 6.08 Å². The summed E-state index contributed by atoms with van der Waals surface area (Å²) >= 11 is 0. The van der Waals surface area contributed by atoms with Crippen molar-refractivity contribution in [1.82, 2.24) is 14.9 Å². The molecule has 116 valence electrons. The van der Waals surface area contributed by atoms with Crippen molar-refractivity contribution in [2.75, 3.05) is 26.8 Å². The normalized spacial score (nSPS) is 23.1. The van der Waals surface area contributed by atoms with Crippen LogP contribution in [0.3, 0.4) is 0 Å². The van der Waals surface area contributed by atoms with Gasteiger partial charge in [0, 0.05) is 43.6 Å². The third-order valence-corrected chi connectivity index (χ3v) is 4.09. The Kier molecular flexibility index (Phi) is 5.85. The zero-order chi connectivity index (χ0) is 15.1. The van der Waals surface area contributed by atoms with Crippen molar-refractivity contribution < 1.29 is 9.84 Å². The minimum absolute atomic E-state index is 0.0309. The summed E-state index contributed by atoms with van der Waals surface area (Å²) in [5.41, 5.74) is 1.07. The summed E-state index contributed by atoms with van der Waals surface area (Å²) in [6.07, 6.45) is 8.69. The number of hydrogen-bond acceptors (Lipinski definition) is 5. The molecule has 0 aliphatic carbocycles. The topological polar surface area (TPSA) is 58.5 Å². The van der Waals surface area contributed by atoms with Crippen molar-refractivity contribution in [2.45, 2.75) is 32.4 Å². The highest BCUT2D eigenvalue weighted by Gasteiger charge is 2.33. The van der Waals surface area contributed by atoms with Crippen molar-refractivity contribution in [2.24, 2.45) is 5.41 Å². The van der Waals surface area contributed by atoms with E-state index in [0.717, 1.165) is 44.5 Å². The average Bonchev–Trinajstić information content (AvgIpc) is 2.50. The van der Waals surface area contributed by atoms with Gasteiger partial charge in [-0.2, -0.15) is 0 Å². The van der Waals surface area contributed by atoms with Crippen LogP contribution in [0, 0.1) is 5.41 Å². The summed E-state index contributed by atoms with van der Waals surface area (Å²) in [5.74, 6) is 0.705. The van der Waals surface area contributed by atoms with Crippen molar-refractivity contribution in [3.05, 3.63) is 36.4 Å². The summed E-state index contributed by atoms with van der Waals surface area (Å²) < 4.78 is 5.01. The van der Waals surface area contributed by atoms with Gasteiger partial charge < -0.3 is 9.84 Å². The molecule has 1 aliphatic heterocycles. The van der Waals surface area contributed by atoms with Gasteiger partial charge in [0.25, 0.3) is 0 Å². The number of rotatable bonds is 7. The minimum Gasteiger partial charge on any atom is -0.396 e. The molecule has 2 rings (SSSR count). The number of allylic oxidation sites excluding steroid dienone is 1. The van der Waals surface area contributed by atoms with Gasteiger partial charge in [0.2, 0.25) is 0 Å². The molecular weight excluding hydrogens is 266 g/mol. The number of aromatic nitrogens is 2. The summed E-state index contributed by atoms with van der Waals surface area (Å²) in [6.45, 7) is 7.26. The van der Waals surface area contributed by atoms with Crippen molar-refractivity contribution in [1.29, 1.82) is 0 Å². The first-order valence-electron chi connectivity index (χ1n) is 7.44. The maximum Gasteiger partial charge on any atom is 0.153 e. The summed E-state index contributed by atoms with van der Waals surface area (Å²) in [6, 6.07) is 0. The Hall–Kier alpha value is -1.30. The van der Waals surface area contributed by atoms with Crippen LogP contribution >= 0.6 is 0 Å². The second-order valence-electron chi connectivity index (χ2n) is 5.91. The van der Waals surface area contributed by atoms with E-state index in [2.05, 4.69) is 21.4 Å². The number of piperidine rings is 1. The van der Waals surface area contributed by atoms with Gasteiger partial charge in [-0.25, -0.2) is 9.97 Å². The lowest BCUT2D eigenvalue weighted by molar-refractivity contribution is 0.0308. The Morgan fingerprint density at radius 1 is 1.48 bits per heavy atom. The van der Waals surface area contributed by atoms with E-state index in [1.807, 2.05) is 18.5 Å². The molecule has 0 saturated carbocycles. The molecule has 0 spiro atoms. The van der Waals surface area contributed by atoms with E-state index in [0.29, 0.717) is 12.4 Å². The molecule has 1 saturated heterocycles. The van der Waals surface area contributed by atoms with E-state index in [9.17, 15) is 5.11 Å². The quantitative estimate of drug-likeness (QED) is 0.776. The molecule has 5 heteroatoms. The van der Waals surface area contributed by atoms with Crippen LogP contribution in [0.5, 0.6) is 0 Å². The summed E-state index contributed by atoms with van der Waals surface area (Å²) in [5, 5.41) is 9.74. The smallest absolute Gasteiger partial charge is 0.153 e. The lowest BCUT2D eigenvalue weighted by Crippen LogP contribution is -2.44. The highest BCUT2D eigenvalue weighted by Crippen LogP contribution is 2.33. The van der Waals surface area contributed by atoms with Crippen LogP contribution in [-0.2, 0) is 17.9 Å². The Bertz CT molecular complexity index is 449. The second-order valence-corrected chi connectivity index (χ2v) is 5.91. The minimum atomic E-state index is -0.0309. The fraction of sp³-hybridized carbons (Fsp3) is 0.625. The highest BCUT2D eigenvalue weighted by atomic mass is 16.5. The molecule has 1 aromatic rings. The molecule has 0 radical (unpaired) electrons. The molecule has 0 bridgehead atoms. The number of ether oxygens (including phenoxy) is 1. The van der Waals surface area contributed by atoms with Gasteiger partial charge in [-0.15, -0.1) is 6.58 Å². The summed E-state index contributed by atoms with van der Waals surface area (Å²) in [7, 11) is 1.64. The predicted octanol–water partition coefficient (Wildman–Crippen LogP) is 1.77. The van der Waals surface area contributed by atoms with Crippen LogP contribution in [0.15, 0.2) is 25.0 Å². The molecule has 0 aromatic carbocycles. The first kappa shape index (κ1) is 16.1. The molecule has 1 N–H and O–H groups in total. The largest absolute Gasteiger partial charge is 0.396 e. The molecule has 0 unspecified atom stereocenters. The molecule has 5 nitrogen and oxygen atoms in total. The number of likely N-dealkylation sites (tertiary alicyclic amines) is 1. The van der Waals surface area contributed by atoms with Gasteiger partial charge in [-0.3, -0.25) is 4.90 Å². The molecule has 1 aromatic heterocycles. The van der Waals surface area contributed by atoms with Gasteiger partial charge >= 0.3 is 0 Å². The maximum absolute atomic E-state index is 9.74. The van der Waals surface area contributed by atoms with E-state index in [4.69, 9.17) is 4.74 Å². The van der Waals surface area contributed by atoms with Crippen LogP contribution in [0.1, 0.15) is 30.7 Å². The molecule has 2 heterocycles. The van der Waals surface area contributed by atoms with Gasteiger partial charge in [-0.05, 0) is 25.8 Å². The third-order valence-electron chi connectivity index (χ3n) is 4.09. The zero-order valence-electron chi connectivity index (χ0n) is 12.8. The van der Waals surface area contributed by atoms with E-state index in [-0.39, 0.29) is 12.0 Å². The van der Waals surface area contributed by atoms with Crippen LogP contribution in [0.2, 0.25) is 0 Å². The predicted molar refractivity (Wildman–Crippen MR) is 81.6 cm³/mol. The zero-order valence-corrected chi connectivity index (χ0v) is 12.8. The van der Waals surface area contributed by atoms with E-state index < -0.39 is 0 Å². The van der Waals surface area contributed by atoms with Crippen LogP contribution < -0.4 is 0 Å². The number of nitrogens with zero attached hydrogens (tertiary/aromatic N) is 3. The van der Waals surface area contributed by atoms with E-state index in [1.54, 1.807) is 7.11 Å². The molecule has 1 atom stereocenters. The van der Waals surface area contributed by atoms with Gasteiger partial charge in [0.15, 0.2) is 5.82 Å². The van der Waals surface area contributed by atoms with Crippen LogP contribution in [0.25, 0.3) is 0 Å². The summed E-state index contributed by atoms with van der Waals surface area (Å²) in [4.78, 5) is 11.0. The second kappa shape index (κ2) is 7.64. The number of hydrogen-bond donors (Lipinski definition) is 1. The highest BCUT2D eigenvalue weighted by molar-refractivity contribution is 5.06. The molecule has 0 amide bonds. The Balaban J connectivity index is 1.97. The first-order valence-corrected chi connectivity index (χ1v) is 7.44. The Morgan fingerprint density at radius 2 is 2.24 bits per heavy atom. The number of aliphatic hydroxyl groups excluding tert-OH is 1. The van der Waals surface area contributed by atoms with Gasteiger partial charge in [0.05, 0.1) is 6.61 Å².